The van der Waals surface area contributed by atoms with Crippen molar-refractivity contribution in [3.8, 4) is 28.0 Å². The summed E-state index contributed by atoms with van der Waals surface area (Å²) in [6, 6.07) is 11.6. The molecule has 0 saturated heterocycles. The molecule has 0 aliphatic rings. The Bertz CT molecular complexity index is 1510. The smallest absolute Gasteiger partial charge is 0.429 e. The molecule has 0 amide bonds. The molecule has 0 spiro atoms. The van der Waals surface area contributed by atoms with Gasteiger partial charge in [0.2, 0.25) is 0 Å². The normalized spacial score (nSPS) is 12.1. The number of benzene rings is 4. The molecule has 0 bridgehead atoms. The Kier molecular flexibility index (Phi) is 8.37. The monoisotopic (exact) mass is 586 g/mol. The number of rotatable bonds is 8. The lowest BCUT2D eigenvalue weighted by Gasteiger charge is -2.21. The zero-order valence-corrected chi connectivity index (χ0v) is 21.2. The van der Waals surface area contributed by atoms with Crippen LogP contribution in [0.4, 0.5) is 43.9 Å². The third-order valence-electron chi connectivity index (χ3n) is 6.26. The molecule has 0 saturated carbocycles. The van der Waals surface area contributed by atoms with Crippen molar-refractivity contribution < 1.29 is 48.6 Å². The Labute approximate surface area is 228 Å². The first-order valence-electron chi connectivity index (χ1n) is 12.2. The number of halogens is 10. The fourth-order valence-corrected chi connectivity index (χ4v) is 4.26. The predicted octanol–water partition coefficient (Wildman–Crippen LogP) is 10.2. The van der Waals surface area contributed by atoms with E-state index in [0.717, 1.165) is 30.9 Å². The van der Waals surface area contributed by atoms with Crippen molar-refractivity contribution in [2.75, 3.05) is 0 Å². The van der Waals surface area contributed by atoms with Gasteiger partial charge in [0.25, 0.3) is 0 Å². The summed E-state index contributed by atoms with van der Waals surface area (Å²) in [7, 11) is 0. The van der Waals surface area contributed by atoms with Crippen LogP contribution in [0.15, 0.2) is 66.7 Å². The van der Waals surface area contributed by atoms with Crippen molar-refractivity contribution >= 4 is 0 Å². The third-order valence-corrected chi connectivity index (χ3v) is 6.26. The fourth-order valence-electron chi connectivity index (χ4n) is 4.26. The second-order valence-electron chi connectivity index (χ2n) is 9.19. The molecule has 0 unspecified atom stereocenters. The maximum Gasteiger partial charge on any atom is 0.432 e. The number of aryl methyl sites for hydroxylation is 1. The molecule has 0 aliphatic heterocycles. The lowest BCUT2D eigenvalue weighted by atomic mass is 9.97. The van der Waals surface area contributed by atoms with Crippen LogP contribution >= 0.6 is 0 Å². The lowest BCUT2D eigenvalue weighted by molar-refractivity contribution is -0.189. The van der Waals surface area contributed by atoms with E-state index in [9.17, 15) is 43.9 Å². The number of ether oxygens (including phenoxy) is 1. The van der Waals surface area contributed by atoms with Gasteiger partial charge in [-0.15, -0.1) is 0 Å². The second-order valence-corrected chi connectivity index (χ2v) is 9.19. The van der Waals surface area contributed by atoms with Crippen LogP contribution in [-0.4, -0.2) is 0 Å². The van der Waals surface area contributed by atoms with Crippen LogP contribution in [0.3, 0.4) is 0 Å². The average Bonchev–Trinajstić information content (AvgIpc) is 2.85. The summed E-state index contributed by atoms with van der Waals surface area (Å²) in [5.74, 6) is -10.7. The van der Waals surface area contributed by atoms with Gasteiger partial charge in [-0.2, -0.15) is 22.0 Å². The standard InChI is InChI=1S/C30H20F10O/c1-2-3-4-16-5-7-17(8-6-16)18-9-10-21(22(31)11-18)19-12-23(32)28(24(33)13-19)30(39,40)41-20-14-25(34)27(26(35)15-20)29(36,37)38/h5-15H,2-4H2,1H3. The minimum atomic E-state index is -5.48. The van der Waals surface area contributed by atoms with Crippen molar-refractivity contribution in [3.05, 3.63) is 113 Å². The molecule has 41 heavy (non-hydrogen) atoms. The number of alkyl halides is 5. The molecule has 0 aliphatic carbocycles. The first kappa shape index (κ1) is 30.0. The lowest BCUT2D eigenvalue weighted by Crippen LogP contribution is -2.25. The van der Waals surface area contributed by atoms with Crippen LogP contribution < -0.4 is 4.74 Å². The Morgan fingerprint density at radius 3 is 1.61 bits per heavy atom. The van der Waals surface area contributed by atoms with Gasteiger partial charge in [-0.25, -0.2) is 22.0 Å². The molecule has 4 rings (SSSR count). The summed E-state index contributed by atoms with van der Waals surface area (Å²) in [6.07, 6.45) is -7.47. The van der Waals surface area contributed by atoms with E-state index in [-0.39, 0.29) is 17.7 Å². The van der Waals surface area contributed by atoms with Crippen LogP contribution in [0.25, 0.3) is 22.3 Å². The topological polar surface area (TPSA) is 9.23 Å². The van der Waals surface area contributed by atoms with E-state index in [2.05, 4.69) is 11.7 Å². The van der Waals surface area contributed by atoms with E-state index in [0.29, 0.717) is 23.3 Å². The van der Waals surface area contributed by atoms with Crippen LogP contribution in [0.1, 0.15) is 36.5 Å². The zero-order valence-electron chi connectivity index (χ0n) is 21.2. The van der Waals surface area contributed by atoms with Gasteiger partial charge >= 0.3 is 12.3 Å². The zero-order chi connectivity index (χ0) is 30.1. The predicted molar refractivity (Wildman–Crippen MR) is 132 cm³/mol. The molecule has 0 N–H and O–H groups in total. The summed E-state index contributed by atoms with van der Waals surface area (Å²) in [5.41, 5.74) is -2.86. The van der Waals surface area contributed by atoms with Gasteiger partial charge in [-0.3, -0.25) is 0 Å². The Morgan fingerprint density at radius 2 is 1.10 bits per heavy atom. The molecule has 1 nitrogen and oxygen atoms in total. The highest BCUT2D eigenvalue weighted by Crippen LogP contribution is 2.40. The molecular weight excluding hydrogens is 566 g/mol. The fraction of sp³-hybridized carbons (Fsp3) is 0.200. The van der Waals surface area contributed by atoms with Crippen LogP contribution in [0.2, 0.25) is 0 Å². The first-order valence-corrected chi connectivity index (χ1v) is 12.2. The van der Waals surface area contributed by atoms with Crippen molar-refractivity contribution in [2.24, 2.45) is 0 Å². The van der Waals surface area contributed by atoms with E-state index in [4.69, 9.17) is 0 Å². The average molecular weight is 586 g/mol. The largest absolute Gasteiger partial charge is 0.432 e. The van der Waals surface area contributed by atoms with Gasteiger partial charge in [-0.05, 0) is 53.3 Å². The minimum absolute atomic E-state index is 0.195. The molecule has 216 valence electrons. The Balaban J connectivity index is 1.61. The maximum absolute atomic E-state index is 15.0. The second kappa shape index (κ2) is 11.5. The van der Waals surface area contributed by atoms with Gasteiger partial charge in [0.05, 0.1) is 0 Å². The summed E-state index contributed by atoms with van der Waals surface area (Å²) >= 11 is 0. The van der Waals surface area contributed by atoms with Crippen LogP contribution in [0.5, 0.6) is 5.75 Å². The van der Waals surface area contributed by atoms with E-state index >= 15 is 0 Å². The first-order chi connectivity index (χ1) is 19.2. The SMILES string of the molecule is CCCCc1ccc(-c2ccc(-c3cc(F)c(C(F)(F)Oc4cc(F)c(C(F)(F)F)c(F)c4)c(F)c3)c(F)c2)cc1. The van der Waals surface area contributed by atoms with Crippen LogP contribution in [0, 0.1) is 29.1 Å². The summed E-state index contributed by atoms with van der Waals surface area (Å²) in [5, 5.41) is 0. The minimum Gasteiger partial charge on any atom is -0.429 e. The van der Waals surface area contributed by atoms with Gasteiger partial charge in [-0.1, -0.05) is 49.7 Å². The molecule has 0 aromatic heterocycles. The van der Waals surface area contributed by atoms with Crippen LogP contribution in [-0.2, 0) is 18.7 Å². The highest BCUT2D eigenvalue weighted by Gasteiger charge is 2.43. The third kappa shape index (κ3) is 6.49. The Hall–Kier alpha value is -4.02. The molecule has 11 heteroatoms. The number of unbranched alkanes of at least 4 members (excludes halogenated alkanes) is 1. The summed E-state index contributed by atoms with van der Waals surface area (Å²) < 4.78 is 144. The molecule has 4 aromatic carbocycles. The number of hydrogen-bond acceptors (Lipinski definition) is 1. The molecule has 0 atom stereocenters. The molecule has 0 radical (unpaired) electrons. The quantitative estimate of drug-likeness (QED) is 0.187. The van der Waals surface area contributed by atoms with E-state index < -0.39 is 63.8 Å². The van der Waals surface area contributed by atoms with E-state index in [1.807, 2.05) is 12.1 Å². The van der Waals surface area contributed by atoms with Crippen molar-refractivity contribution in [3.63, 3.8) is 0 Å². The summed E-state index contributed by atoms with van der Waals surface area (Å²) in [4.78, 5) is 0. The number of hydrogen-bond donors (Lipinski definition) is 0. The molecule has 0 heterocycles. The van der Waals surface area contributed by atoms with Gasteiger partial charge in [0.15, 0.2) is 0 Å². The summed E-state index contributed by atoms with van der Waals surface area (Å²) in [6.45, 7) is 2.07. The van der Waals surface area contributed by atoms with Gasteiger partial charge < -0.3 is 4.74 Å². The molecule has 0 fully saturated rings. The Morgan fingerprint density at radius 1 is 0.585 bits per heavy atom. The van der Waals surface area contributed by atoms with Crippen molar-refractivity contribution in [1.29, 1.82) is 0 Å². The molecular formula is C30H20F10O. The van der Waals surface area contributed by atoms with E-state index in [1.165, 1.54) is 12.1 Å². The highest BCUT2D eigenvalue weighted by atomic mass is 19.4. The maximum atomic E-state index is 15.0. The van der Waals surface area contributed by atoms with Crippen molar-refractivity contribution in [2.45, 2.75) is 38.5 Å². The van der Waals surface area contributed by atoms with E-state index in [1.54, 1.807) is 12.1 Å². The molecule has 4 aromatic rings. The van der Waals surface area contributed by atoms with Gasteiger partial charge in [0.1, 0.15) is 46.0 Å². The van der Waals surface area contributed by atoms with Gasteiger partial charge in [0, 0.05) is 17.7 Å². The van der Waals surface area contributed by atoms with Crippen molar-refractivity contribution in [1.82, 2.24) is 0 Å². The highest BCUT2D eigenvalue weighted by molar-refractivity contribution is 5.71.